The van der Waals surface area contributed by atoms with Gasteiger partial charge in [0.2, 0.25) is 0 Å². The van der Waals surface area contributed by atoms with E-state index in [0.29, 0.717) is 11.2 Å². The zero-order valence-electron chi connectivity index (χ0n) is 13.3. The van der Waals surface area contributed by atoms with E-state index in [0.717, 1.165) is 32.4 Å². The van der Waals surface area contributed by atoms with Crippen LogP contribution in [0.5, 0.6) is 5.75 Å². The molecule has 1 aliphatic rings. The molecular weight excluding hydrogens is 390 g/mol. The van der Waals surface area contributed by atoms with E-state index in [2.05, 4.69) is 36.7 Å². The Bertz CT molecular complexity index is 903. The molecule has 1 aromatic carbocycles. The number of halogens is 2. The minimum absolute atomic E-state index is 0.483. The first-order chi connectivity index (χ1) is 11.7. The summed E-state index contributed by atoms with van der Waals surface area (Å²) < 4.78 is 8.66. The van der Waals surface area contributed by atoms with E-state index < -0.39 is 0 Å². The number of fused-ring (bicyclic) bond motifs is 1. The summed E-state index contributed by atoms with van der Waals surface area (Å²) in [6.45, 7) is 0. The second-order valence-corrected chi connectivity index (χ2v) is 7.31. The Morgan fingerprint density at radius 3 is 2.75 bits per heavy atom. The molecule has 0 radical (unpaired) electrons. The molecule has 2 aromatic heterocycles. The number of methoxy groups -OCH3 is 1. The molecule has 0 spiro atoms. The lowest BCUT2D eigenvalue weighted by molar-refractivity contribution is 0.415. The van der Waals surface area contributed by atoms with Crippen LogP contribution in [0.1, 0.15) is 31.7 Å². The average molecular weight is 407 g/mol. The van der Waals surface area contributed by atoms with Crippen LogP contribution in [0.2, 0.25) is 5.15 Å². The molecule has 6 heteroatoms. The first-order valence-electron chi connectivity index (χ1n) is 8.04. The fourth-order valence-corrected chi connectivity index (χ4v) is 4.24. The minimum atomic E-state index is 0.483. The Morgan fingerprint density at radius 2 is 2.00 bits per heavy atom. The molecule has 4 rings (SSSR count). The van der Waals surface area contributed by atoms with Crippen molar-refractivity contribution in [2.75, 3.05) is 7.11 Å². The van der Waals surface area contributed by atoms with Gasteiger partial charge in [-0.15, -0.1) is 0 Å². The highest BCUT2D eigenvalue weighted by molar-refractivity contribution is 9.10. The molecule has 2 heterocycles. The van der Waals surface area contributed by atoms with E-state index in [9.17, 15) is 0 Å². The second-order valence-electron chi connectivity index (χ2n) is 6.10. The zero-order chi connectivity index (χ0) is 16.7. The van der Waals surface area contributed by atoms with Gasteiger partial charge >= 0.3 is 0 Å². The summed E-state index contributed by atoms with van der Waals surface area (Å²) >= 11 is 10.1. The molecule has 0 unspecified atom stereocenters. The quantitative estimate of drug-likeness (QED) is 0.529. The van der Waals surface area contributed by atoms with Crippen LogP contribution in [0, 0.1) is 0 Å². The van der Waals surface area contributed by atoms with Gasteiger partial charge in [-0.2, -0.15) is 0 Å². The largest absolute Gasteiger partial charge is 0.497 e. The molecule has 1 fully saturated rings. The number of benzene rings is 1. The van der Waals surface area contributed by atoms with Crippen molar-refractivity contribution in [3.63, 3.8) is 0 Å². The number of nitrogens with zero attached hydrogens (tertiary/aromatic N) is 3. The second kappa shape index (κ2) is 6.37. The third-order valence-electron chi connectivity index (χ3n) is 4.74. The monoisotopic (exact) mass is 405 g/mol. The van der Waals surface area contributed by atoms with Crippen LogP contribution in [-0.2, 0) is 0 Å². The molecule has 0 aliphatic heterocycles. The third-order valence-corrected chi connectivity index (χ3v) is 5.72. The van der Waals surface area contributed by atoms with Gasteiger partial charge in [-0.05, 0) is 31.0 Å². The summed E-state index contributed by atoms with van der Waals surface area (Å²) in [5, 5.41) is 1.39. The van der Waals surface area contributed by atoms with Crippen LogP contribution in [-0.4, -0.2) is 21.6 Å². The van der Waals surface area contributed by atoms with Crippen LogP contribution >= 0.6 is 27.5 Å². The summed E-state index contributed by atoms with van der Waals surface area (Å²) in [6, 6.07) is 6.42. The highest BCUT2D eigenvalue weighted by Crippen LogP contribution is 2.41. The van der Waals surface area contributed by atoms with E-state index in [1.54, 1.807) is 13.4 Å². The molecule has 4 nitrogen and oxygen atoms in total. The average Bonchev–Trinajstić information content (AvgIpc) is 3.23. The SMILES string of the molecule is COc1ccc(Br)c(-c2cn(C3CCCC3)c3ncnc(Cl)c23)c1. The highest BCUT2D eigenvalue weighted by atomic mass is 79.9. The molecule has 0 saturated heterocycles. The maximum absolute atomic E-state index is 6.45. The Balaban J connectivity index is 1.99. The molecule has 0 atom stereocenters. The summed E-state index contributed by atoms with van der Waals surface area (Å²) in [5.74, 6) is 0.808. The Labute approximate surface area is 153 Å². The Kier molecular flexibility index (Phi) is 4.22. The number of aromatic nitrogens is 3. The normalized spacial score (nSPS) is 15.3. The predicted octanol–water partition coefficient (Wildman–Crippen LogP) is 5.64. The van der Waals surface area contributed by atoms with Gasteiger partial charge in [0.25, 0.3) is 0 Å². The van der Waals surface area contributed by atoms with Crippen molar-refractivity contribution >= 4 is 38.6 Å². The van der Waals surface area contributed by atoms with Crippen LogP contribution in [0.3, 0.4) is 0 Å². The number of hydrogen-bond acceptors (Lipinski definition) is 3. The molecule has 124 valence electrons. The van der Waals surface area contributed by atoms with Gasteiger partial charge in [0.1, 0.15) is 22.9 Å². The van der Waals surface area contributed by atoms with Crippen LogP contribution in [0.15, 0.2) is 35.2 Å². The predicted molar refractivity (Wildman–Crippen MR) is 99.7 cm³/mol. The van der Waals surface area contributed by atoms with Crippen molar-refractivity contribution in [1.82, 2.24) is 14.5 Å². The Hall–Kier alpha value is -1.59. The molecule has 0 bridgehead atoms. The molecule has 1 saturated carbocycles. The fourth-order valence-electron chi connectivity index (χ4n) is 3.55. The van der Waals surface area contributed by atoms with Crippen LogP contribution in [0.4, 0.5) is 0 Å². The van der Waals surface area contributed by atoms with Gasteiger partial charge in [0.15, 0.2) is 0 Å². The number of hydrogen-bond donors (Lipinski definition) is 0. The van der Waals surface area contributed by atoms with E-state index in [-0.39, 0.29) is 0 Å². The molecule has 0 N–H and O–H groups in total. The minimum Gasteiger partial charge on any atom is -0.497 e. The van der Waals surface area contributed by atoms with Crippen LogP contribution < -0.4 is 4.74 Å². The van der Waals surface area contributed by atoms with Crippen LogP contribution in [0.25, 0.3) is 22.2 Å². The summed E-state index contributed by atoms with van der Waals surface area (Å²) in [7, 11) is 1.67. The van der Waals surface area contributed by atoms with Crippen molar-refractivity contribution in [1.29, 1.82) is 0 Å². The molecular formula is C18H17BrClN3O. The van der Waals surface area contributed by atoms with Gasteiger partial charge in [-0.25, -0.2) is 9.97 Å². The standard InChI is InChI=1S/C18H17BrClN3O/c1-24-12-6-7-15(19)13(8-12)14-9-23(11-4-2-3-5-11)18-16(14)17(20)21-10-22-18/h6-11H,2-5H2,1H3. The van der Waals surface area contributed by atoms with E-state index in [1.165, 1.54) is 25.7 Å². The zero-order valence-corrected chi connectivity index (χ0v) is 15.6. The lowest BCUT2D eigenvalue weighted by atomic mass is 10.1. The number of ether oxygens (including phenoxy) is 1. The van der Waals surface area contributed by atoms with Crippen molar-refractivity contribution in [2.45, 2.75) is 31.7 Å². The fraction of sp³-hybridized carbons (Fsp3) is 0.333. The molecule has 0 amide bonds. The first kappa shape index (κ1) is 15.9. The van der Waals surface area contributed by atoms with Gasteiger partial charge < -0.3 is 9.30 Å². The van der Waals surface area contributed by atoms with Gasteiger partial charge in [-0.1, -0.05) is 40.4 Å². The smallest absolute Gasteiger partial charge is 0.145 e. The highest BCUT2D eigenvalue weighted by Gasteiger charge is 2.23. The topological polar surface area (TPSA) is 39.9 Å². The molecule has 3 aromatic rings. The Morgan fingerprint density at radius 1 is 1.21 bits per heavy atom. The van der Waals surface area contributed by atoms with Crippen molar-refractivity contribution in [3.8, 4) is 16.9 Å². The molecule has 1 aliphatic carbocycles. The van der Waals surface area contributed by atoms with E-state index >= 15 is 0 Å². The van der Waals surface area contributed by atoms with Gasteiger partial charge in [0.05, 0.1) is 12.5 Å². The van der Waals surface area contributed by atoms with Gasteiger partial charge in [0, 0.05) is 27.8 Å². The summed E-state index contributed by atoms with van der Waals surface area (Å²) in [5.41, 5.74) is 2.98. The van der Waals surface area contributed by atoms with Crippen molar-refractivity contribution < 1.29 is 4.74 Å². The summed E-state index contributed by atoms with van der Waals surface area (Å²) in [4.78, 5) is 8.73. The lowest BCUT2D eigenvalue weighted by Gasteiger charge is -2.12. The molecule has 24 heavy (non-hydrogen) atoms. The van der Waals surface area contributed by atoms with E-state index in [1.807, 2.05) is 18.2 Å². The number of rotatable bonds is 3. The maximum atomic E-state index is 6.45. The maximum Gasteiger partial charge on any atom is 0.145 e. The lowest BCUT2D eigenvalue weighted by Crippen LogP contribution is -2.03. The third kappa shape index (κ3) is 2.60. The van der Waals surface area contributed by atoms with Gasteiger partial charge in [-0.3, -0.25) is 0 Å². The first-order valence-corrected chi connectivity index (χ1v) is 9.21. The van der Waals surface area contributed by atoms with E-state index in [4.69, 9.17) is 16.3 Å². The van der Waals surface area contributed by atoms with Crippen molar-refractivity contribution in [2.24, 2.45) is 0 Å². The summed E-state index contributed by atoms with van der Waals surface area (Å²) in [6.07, 6.45) is 8.61. The van der Waals surface area contributed by atoms with Crippen molar-refractivity contribution in [3.05, 3.63) is 40.3 Å².